The van der Waals surface area contributed by atoms with Gasteiger partial charge in [-0.15, -0.1) is 0 Å². The second kappa shape index (κ2) is 9.29. The summed E-state index contributed by atoms with van der Waals surface area (Å²) < 4.78 is 3.20. The minimum atomic E-state index is -0.162. The monoisotopic (exact) mass is 572 g/mol. The maximum Gasteiger partial charge on any atom is 0.263 e. The molecule has 0 saturated heterocycles. The van der Waals surface area contributed by atoms with E-state index in [0.717, 1.165) is 38.7 Å². The second-order valence-electron chi connectivity index (χ2n) is 8.65. The molecule has 36 heavy (non-hydrogen) atoms. The van der Waals surface area contributed by atoms with E-state index in [4.69, 9.17) is 23.2 Å². The fourth-order valence-corrected chi connectivity index (χ4v) is 5.71. The number of benzene rings is 4. The Hall–Kier alpha value is -3.31. The summed E-state index contributed by atoms with van der Waals surface area (Å²) in [5, 5.41) is 1.91. The fourth-order valence-electron chi connectivity index (χ4n) is 4.78. The van der Waals surface area contributed by atoms with Gasteiger partial charge in [-0.2, -0.15) is 0 Å². The van der Waals surface area contributed by atoms with Gasteiger partial charge in [0.15, 0.2) is 0 Å². The van der Waals surface area contributed by atoms with Gasteiger partial charge in [0, 0.05) is 39.2 Å². The number of hydrogen-bond donors (Lipinski definition) is 0. The van der Waals surface area contributed by atoms with Crippen molar-refractivity contribution in [3.05, 3.63) is 128 Å². The molecular formula is C30H19BrCl2N2O. The van der Waals surface area contributed by atoms with Gasteiger partial charge in [-0.05, 0) is 48.0 Å². The number of halogens is 3. The highest BCUT2D eigenvalue weighted by molar-refractivity contribution is 9.10. The molecule has 6 rings (SSSR count). The zero-order chi connectivity index (χ0) is 24.8. The van der Waals surface area contributed by atoms with Crippen LogP contribution in [0.5, 0.6) is 0 Å². The van der Waals surface area contributed by atoms with Crippen molar-refractivity contribution in [1.29, 1.82) is 0 Å². The number of para-hydroxylation sites is 2. The number of amides is 1. The fraction of sp³-hybridized carbons (Fsp3) is 0.0333. The SMILES string of the molecule is O=C1/C(=C\c2cn(Cc3ccccc3)c3ccc(Br)cc23)c2ccccc2N1c1c(Cl)cccc1Cl. The highest BCUT2D eigenvalue weighted by Crippen LogP contribution is 2.47. The molecule has 0 atom stereocenters. The number of nitrogens with zero attached hydrogens (tertiary/aromatic N) is 2. The number of fused-ring (bicyclic) bond motifs is 2. The zero-order valence-electron chi connectivity index (χ0n) is 19.0. The van der Waals surface area contributed by atoms with Crippen molar-refractivity contribution in [3.63, 3.8) is 0 Å². The highest BCUT2D eigenvalue weighted by Gasteiger charge is 2.35. The van der Waals surface area contributed by atoms with E-state index < -0.39 is 0 Å². The Morgan fingerprint density at radius 2 is 1.56 bits per heavy atom. The van der Waals surface area contributed by atoms with Crippen molar-refractivity contribution >= 4 is 79.0 Å². The van der Waals surface area contributed by atoms with Crippen molar-refractivity contribution in [1.82, 2.24) is 4.57 Å². The standard InChI is InChI=1S/C30H19BrCl2N2O/c31-21-13-14-27-23(16-21)20(18-34(27)17-19-7-2-1-3-8-19)15-24-22-9-4-5-12-28(22)35(30(24)36)29-25(32)10-6-11-26(29)33/h1-16,18H,17H2/b24-15-. The summed E-state index contributed by atoms with van der Waals surface area (Å²) in [6.07, 6.45) is 4.08. The minimum Gasteiger partial charge on any atom is -0.342 e. The molecule has 2 heterocycles. The lowest BCUT2D eigenvalue weighted by Crippen LogP contribution is -2.21. The normalized spacial score (nSPS) is 14.1. The van der Waals surface area contributed by atoms with Crippen LogP contribution in [0.4, 0.5) is 11.4 Å². The molecule has 176 valence electrons. The third-order valence-corrected chi connectivity index (χ3v) is 7.50. The van der Waals surface area contributed by atoms with E-state index in [9.17, 15) is 4.79 Å². The summed E-state index contributed by atoms with van der Waals surface area (Å²) in [5.74, 6) is -0.162. The lowest BCUT2D eigenvalue weighted by atomic mass is 10.0. The van der Waals surface area contributed by atoms with Gasteiger partial charge in [0.1, 0.15) is 0 Å². The number of carbonyl (C=O) groups is 1. The molecule has 5 aromatic rings. The summed E-state index contributed by atoms with van der Waals surface area (Å²) in [4.78, 5) is 15.5. The second-order valence-corrected chi connectivity index (χ2v) is 10.4. The predicted molar refractivity (Wildman–Crippen MR) is 153 cm³/mol. The van der Waals surface area contributed by atoms with Crippen molar-refractivity contribution in [3.8, 4) is 0 Å². The van der Waals surface area contributed by atoms with Crippen LogP contribution in [0, 0.1) is 0 Å². The van der Waals surface area contributed by atoms with Crippen molar-refractivity contribution in [2.24, 2.45) is 0 Å². The molecule has 3 nitrogen and oxygen atoms in total. The molecule has 1 aromatic heterocycles. The van der Waals surface area contributed by atoms with Crippen LogP contribution in [0.2, 0.25) is 10.0 Å². The van der Waals surface area contributed by atoms with Gasteiger partial charge in [0.05, 0.1) is 27.0 Å². The summed E-state index contributed by atoms with van der Waals surface area (Å²) in [6.45, 7) is 0.730. The van der Waals surface area contributed by atoms with Gasteiger partial charge >= 0.3 is 0 Å². The van der Waals surface area contributed by atoms with Crippen molar-refractivity contribution in [2.75, 3.05) is 4.90 Å². The molecule has 0 bridgehead atoms. The Morgan fingerprint density at radius 3 is 2.33 bits per heavy atom. The Labute approximate surface area is 227 Å². The third kappa shape index (κ3) is 3.96. The average molecular weight is 574 g/mol. The van der Waals surface area contributed by atoms with Gasteiger partial charge in [-0.1, -0.05) is 93.7 Å². The summed E-state index contributed by atoms with van der Waals surface area (Å²) >= 11 is 16.7. The van der Waals surface area contributed by atoms with Gasteiger partial charge in [-0.3, -0.25) is 9.69 Å². The minimum absolute atomic E-state index is 0.162. The maximum atomic E-state index is 13.9. The molecule has 1 aliphatic heterocycles. The van der Waals surface area contributed by atoms with Crippen LogP contribution < -0.4 is 4.90 Å². The van der Waals surface area contributed by atoms with Crippen molar-refractivity contribution < 1.29 is 4.79 Å². The molecule has 0 aliphatic carbocycles. The first-order valence-corrected chi connectivity index (χ1v) is 13.0. The molecule has 6 heteroatoms. The van der Waals surface area contributed by atoms with Gasteiger partial charge < -0.3 is 4.57 Å². The van der Waals surface area contributed by atoms with E-state index in [-0.39, 0.29) is 5.91 Å². The average Bonchev–Trinajstić information content (AvgIpc) is 3.34. The van der Waals surface area contributed by atoms with E-state index in [0.29, 0.717) is 21.3 Å². The topological polar surface area (TPSA) is 25.2 Å². The van der Waals surface area contributed by atoms with Crippen LogP contribution in [-0.4, -0.2) is 10.5 Å². The number of hydrogen-bond acceptors (Lipinski definition) is 1. The molecule has 1 aliphatic rings. The van der Waals surface area contributed by atoms with Gasteiger partial charge in [0.25, 0.3) is 5.91 Å². The Bertz CT molecular complexity index is 1650. The third-order valence-electron chi connectivity index (χ3n) is 6.40. The van der Waals surface area contributed by atoms with E-state index >= 15 is 0 Å². The number of anilines is 2. The largest absolute Gasteiger partial charge is 0.342 e. The number of aromatic nitrogens is 1. The summed E-state index contributed by atoms with van der Waals surface area (Å²) in [7, 11) is 0. The molecule has 0 spiro atoms. The van der Waals surface area contributed by atoms with Crippen LogP contribution in [0.1, 0.15) is 16.7 Å². The summed E-state index contributed by atoms with van der Waals surface area (Å²) in [5.41, 5.74) is 5.97. The van der Waals surface area contributed by atoms with Crippen LogP contribution in [0.3, 0.4) is 0 Å². The lowest BCUT2D eigenvalue weighted by molar-refractivity contribution is -0.112. The first-order valence-electron chi connectivity index (χ1n) is 11.4. The molecule has 0 saturated carbocycles. The molecule has 0 fully saturated rings. The molecule has 0 N–H and O–H groups in total. The lowest BCUT2D eigenvalue weighted by Gasteiger charge is -2.20. The van der Waals surface area contributed by atoms with Crippen LogP contribution in [-0.2, 0) is 11.3 Å². The van der Waals surface area contributed by atoms with Gasteiger partial charge in [-0.25, -0.2) is 0 Å². The number of rotatable bonds is 4. The molecule has 0 radical (unpaired) electrons. The first kappa shape index (κ1) is 23.1. The van der Waals surface area contributed by atoms with Gasteiger partial charge in [0.2, 0.25) is 0 Å². The number of carbonyl (C=O) groups excluding carboxylic acids is 1. The Balaban J connectivity index is 1.52. The smallest absolute Gasteiger partial charge is 0.263 e. The first-order chi connectivity index (χ1) is 17.5. The molecule has 0 unspecified atom stereocenters. The molecule has 4 aromatic carbocycles. The highest BCUT2D eigenvalue weighted by atomic mass is 79.9. The molecular weight excluding hydrogens is 555 g/mol. The zero-order valence-corrected chi connectivity index (χ0v) is 22.1. The van der Waals surface area contributed by atoms with Crippen LogP contribution in [0.25, 0.3) is 22.6 Å². The van der Waals surface area contributed by atoms with Crippen LogP contribution in [0.15, 0.2) is 102 Å². The van der Waals surface area contributed by atoms with Crippen LogP contribution >= 0.6 is 39.1 Å². The molecule has 1 amide bonds. The maximum absolute atomic E-state index is 13.9. The van der Waals surface area contributed by atoms with Crippen molar-refractivity contribution in [2.45, 2.75) is 6.54 Å². The summed E-state index contributed by atoms with van der Waals surface area (Å²) in [6, 6.07) is 29.6. The predicted octanol–water partition coefficient (Wildman–Crippen LogP) is 8.98. The Morgan fingerprint density at radius 1 is 0.833 bits per heavy atom. The van der Waals surface area contributed by atoms with E-state index in [2.05, 4.69) is 51.0 Å². The van der Waals surface area contributed by atoms with E-state index in [1.807, 2.05) is 54.6 Å². The Kier molecular flexibility index (Phi) is 5.96. The van der Waals surface area contributed by atoms with E-state index in [1.165, 1.54) is 5.56 Å². The van der Waals surface area contributed by atoms with E-state index in [1.54, 1.807) is 23.1 Å². The quantitative estimate of drug-likeness (QED) is 0.197.